The highest BCUT2D eigenvalue weighted by Gasteiger charge is 2.00. The molecule has 0 N–H and O–H groups in total. The quantitative estimate of drug-likeness (QED) is 0.389. The number of allylic oxidation sites excluding steroid dienone is 3. The predicted octanol–water partition coefficient (Wildman–Crippen LogP) is 4.18. The van der Waals surface area contributed by atoms with E-state index in [1.54, 1.807) is 19.1 Å². The summed E-state index contributed by atoms with van der Waals surface area (Å²) >= 11 is 0. The Hall–Kier alpha value is -1.83. The molecule has 0 saturated heterocycles. The first-order valence-electron chi connectivity index (χ1n) is 6.23. The third-order valence-electron chi connectivity index (χ3n) is 2.49. The van der Waals surface area contributed by atoms with E-state index in [1.165, 1.54) is 0 Å². The van der Waals surface area contributed by atoms with Gasteiger partial charge in [0.2, 0.25) is 0 Å². The van der Waals surface area contributed by atoms with Gasteiger partial charge in [-0.25, -0.2) is 0 Å². The molecule has 0 bridgehead atoms. The van der Waals surface area contributed by atoms with Gasteiger partial charge >= 0.3 is 0 Å². The van der Waals surface area contributed by atoms with E-state index in [4.69, 9.17) is 4.74 Å². The number of Topliss-reactive ketones (excluding diaryl/α,β-unsaturated/α-hetero) is 1. The average Bonchev–Trinajstić information content (AvgIpc) is 2.38. The van der Waals surface area contributed by atoms with E-state index in [1.807, 2.05) is 18.2 Å². The summed E-state index contributed by atoms with van der Waals surface area (Å²) < 4.78 is 5.60. The fourth-order valence-corrected chi connectivity index (χ4v) is 1.51. The van der Waals surface area contributed by atoms with Crippen LogP contribution in [-0.4, -0.2) is 12.4 Å². The topological polar surface area (TPSA) is 26.3 Å². The van der Waals surface area contributed by atoms with Gasteiger partial charge in [-0.05, 0) is 38.3 Å². The maximum absolute atomic E-state index is 11.2. The van der Waals surface area contributed by atoms with Crippen LogP contribution < -0.4 is 4.74 Å². The van der Waals surface area contributed by atoms with Gasteiger partial charge in [-0.1, -0.05) is 30.4 Å². The lowest BCUT2D eigenvalue weighted by molar-refractivity contribution is 0.101. The molecule has 96 valence electrons. The van der Waals surface area contributed by atoms with E-state index in [-0.39, 0.29) is 5.78 Å². The summed E-state index contributed by atoms with van der Waals surface area (Å²) in [5, 5.41) is 0. The maximum Gasteiger partial charge on any atom is 0.159 e. The minimum atomic E-state index is 0.0628. The molecule has 2 nitrogen and oxygen atoms in total. The third-order valence-corrected chi connectivity index (χ3v) is 2.49. The van der Waals surface area contributed by atoms with Crippen molar-refractivity contribution in [3.05, 3.63) is 54.6 Å². The van der Waals surface area contributed by atoms with E-state index in [9.17, 15) is 4.79 Å². The van der Waals surface area contributed by atoms with Crippen LogP contribution in [0.25, 0.3) is 0 Å². The molecule has 0 radical (unpaired) electrons. The molecule has 2 heteroatoms. The average molecular weight is 244 g/mol. The van der Waals surface area contributed by atoms with Crippen molar-refractivity contribution >= 4 is 5.78 Å². The summed E-state index contributed by atoms with van der Waals surface area (Å²) in [7, 11) is 0. The van der Waals surface area contributed by atoms with Gasteiger partial charge in [0.15, 0.2) is 5.78 Å². The second kappa shape index (κ2) is 8.29. The highest BCUT2D eigenvalue weighted by molar-refractivity contribution is 5.94. The SMILES string of the molecule is C=CC/C=C/CCCOc1cccc(C(C)=O)c1. The normalized spacial score (nSPS) is 10.5. The molecule has 0 heterocycles. The Morgan fingerprint density at radius 3 is 2.94 bits per heavy atom. The molecule has 0 amide bonds. The Morgan fingerprint density at radius 2 is 2.22 bits per heavy atom. The van der Waals surface area contributed by atoms with Crippen LogP contribution in [0.4, 0.5) is 0 Å². The van der Waals surface area contributed by atoms with Crippen molar-refractivity contribution in [3.8, 4) is 5.75 Å². The number of rotatable bonds is 8. The maximum atomic E-state index is 11.2. The molecule has 1 rings (SSSR count). The molecule has 1 aromatic rings. The minimum absolute atomic E-state index is 0.0628. The summed E-state index contributed by atoms with van der Waals surface area (Å²) in [5.74, 6) is 0.825. The molecule has 0 spiro atoms. The van der Waals surface area contributed by atoms with Crippen LogP contribution in [0.3, 0.4) is 0 Å². The minimum Gasteiger partial charge on any atom is -0.494 e. The summed E-state index contributed by atoms with van der Waals surface area (Å²) in [4.78, 5) is 11.2. The molecule has 0 aliphatic rings. The van der Waals surface area contributed by atoms with Crippen LogP contribution in [0.2, 0.25) is 0 Å². The van der Waals surface area contributed by atoms with Crippen molar-refractivity contribution in [3.63, 3.8) is 0 Å². The second-order valence-corrected chi connectivity index (χ2v) is 4.07. The van der Waals surface area contributed by atoms with Crippen LogP contribution in [0.1, 0.15) is 36.5 Å². The van der Waals surface area contributed by atoms with Gasteiger partial charge in [0, 0.05) is 5.56 Å². The number of unbranched alkanes of at least 4 members (excludes halogenated alkanes) is 1. The Balaban J connectivity index is 2.29. The second-order valence-electron chi connectivity index (χ2n) is 4.07. The third kappa shape index (κ3) is 5.48. The first-order valence-corrected chi connectivity index (χ1v) is 6.23. The molecule has 0 aliphatic heterocycles. The molecule has 0 aromatic heterocycles. The van der Waals surface area contributed by atoms with E-state index in [0.29, 0.717) is 12.2 Å². The summed E-state index contributed by atoms with van der Waals surface area (Å²) in [6.45, 7) is 5.88. The predicted molar refractivity (Wildman–Crippen MR) is 75.1 cm³/mol. The van der Waals surface area contributed by atoms with Gasteiger partial charge in [0.05, 0.1) is 6.61 Å². The first-order chi connectivity index (χ1) is 8.74. The van der Waals surface area contributed by atoms with Crippen LogP contribution in [-0.2, 0) is 0 Å². The lowest BCUT2D eigenvalue weighted by Crippen LogP contribution is -1.98. The van der Waals surface area contributed by atoms with E-state index in [0.717, 1.165) is 25.0 Å². The molecule has 1 aromatic carbocycles. The fraction of sp³-hybridized carbons (Fsp3) is 0.312. The molecule has 0 aliphatic carbocycles. The number of hydrogen-bond donors (Lipinski definition) is 0. The molecule has 0 unspecified atom stereocenters. The van der Waals surface area contributed by atoms with Crippen LogP contribution in [0.5, 0.6) is 5.75 Å². The molecular weight excluding hydrogens is 224 g/mol. The highest BCUT2D eigenvalue weighted by atomic mass is 16.5. The monoisotopic (exact) mass is 244 g/mol. The van der Waals surface area contributed by atoms with Crippen molar-refractivity contribution in [2.24, 2.45) is 0 Å². The highest BCUT2D eigenvalue weighted by Crippen LogP contribution is 2.14. The van der Waals surface area contributed by atoms with Gasteiger partial charge in [0.25, 0.3) is 0 Å². The molecule has 0 atom stereocenters. The van der Waals surface area contributed by atoms with Gasteiger partial charge < -0.3 is 4.74 Å². The van der Waals surface area contributed by atoms with Gasteiger partial charge in [0.1, 0.15) is 5.75 Å². The van der Waals surface area contributed by atoms with Crippen molar-refractivity contribution < 1.29 is 9.53 Å². The van der Waals surface area contributed by atoms with Crippen LogP contribution >= 0.6 is 0 Å². The van der Waals surface area contributed by atoms with Crippen molar-refractivity contribution in [2.45, 2.75) is 26.2 Å². The van der Waals surface area contributed by atoms with Gasteiger partial charge in [-0.15, -0.1) is 6.58 Å². The summed E-state index contributed by atoms with van der Waals surface area (Å²) in [5.41, 5.74) is 0.693. The van der Waals surface area contributed by atoms with Crippen LogP contribution in [0.15, 0.2) is 49.1 Å². The number of hydrogen-bond acceptors (Lipinski definition) is 2. The van der Waals surface area contributed by atoms with Gasteiger partial charge in [-0.3, -0.25) is 4.79 Å². The summed E-state index contributed by atoms with van der Waals surface area (Å²) in [6.07, 6.45) is 9.00. The van der Waals surface area contributed by atoms with Gasteiger partial charge in [-0.2, -0.15) is 0 Å². The molecule has 0 fully saturated rings. The number of ether oxygens (including phenoxy) is 1. The van der Waals surface area contributed by atoms with Crippen molar-refractivity contribution in [1.82, 2.24) is 0 Å². The zero-order valence-corrected chi connectivity index (χ0v) is 10.9. The Bertz CT molecular complexity index is 419. The first kappa shape index (κ1) is 14.2. The zero-order chi connectivity index (χ0) is 13.2. The Kier molecular flexibility index (Phi) is 6.55. The molecule has 0 saturated carbocycles. The largest absolute Gasteiger partial charge is 0.494 e. The molecular formula is C16H20O2. The molecule has 18 heavy (non-hydrogen) atoms. The fourth-order valence-electron chi connectivity index (χ4n) is 1.51. The summed E-state index contributed by atoms with van der Waals surface area (Å²) in [6, 6.07) is 7.30. The Labute approximate surface area is 109 Å². The van der Waals surface area contributed by atoms with Crippen molar-refractivity contribution in [1.29, 1.82) is 0 Å². The number of carbonyl (C=O) groups excluding carboxylic acids is 1. The lowest BCUT2D eigenvalue weighted by Gasteiger charge is -2.06. The standard InChI is InChI=1S/C16H20O2/c1-3-4-5-6-7-8-12-18-16-11-9-10-15(13-16)14(2)17/h3,5-6,9-11,13H,1,4,7-8,12H2,2H3/b6-5+. The number of carbonyl (C=O) groups is 1. The number of ketones is 1. The Morgan fingerprint density at radius 1 is 1.39 bits per heavy atom. The van der Waals surface area contributed by atoms with E-state index in [2.05, 4.69) is 18.7 Å². The lowest BCUT2D eigenvalue weighted by atomic mass is 10.1. The number of benzene rings is 1. The zero-order valence-electron chi connectivity index (χ0n) is 10.9. The van der Waals surface area contributed by atoms with E-state index >= 15 is 0 Å². The smallest absolute Gasteiger partial charge is 0.159 e. The van der Waals surface area contributed by atoms with E-state index < -0.39 is 0 Å². The van der Waals surface area contributed by atoms with Crippen LogP contribution in [0, 0.1) is 0 Å². The van der Waals surface area contributed by atoms with Crippen molar-refractivity contribution in [2.75, 3.05) is 6.61 Å².